The Morgan fingerprint density at radius 2 is 1.67 bits per heavy atom. The second-order valence-electron chi connectivity index (χ2n) is 5.42. The van der Waals surface area contributed by atoms with Gasteiger partial charge in [-0.15, -0.1) is 11.3 Å². The van der Waals surface area contributed by atoms with Crippen LogP contribution in [0.2, 0.25) is 0 Å². The Morgan fingerprint density at radius 1 is 0.905 bits per heavy atom. The van der Waals surface area contributed by atoms with Gasteiger partial charge in [-0.1, -0.05) is 49.4 Å². The van der Waals surface area contributed by atoms with E-state index in [1.54, 1.807) is 0 Å². The Labute approximate surface area is 129 Å². The molecular weight excluding hydrogens is 276 g/mol. The van der Waals surface area contributed by atoms with Crippen LogP contribution in [0.25, 0.3) is 10.8 Å². The van der Waals surface area contributed by atoms with Crippen molar-refractivity contribution in [2.24, 2.45) is 0 Å². The van der Waals surface area contributed by atoms with Crippen LogP contribution in [0.5, 0.6) is 0 Å². The molecule has 1 aromatic heterocycles. The van der Waals surface area contributed by atoms with Gasteiger partial charge in [0.25, 0.3) is 0 Å². The van der Waals surface area contributed by atoms with Crippen LogP contribution in [0.15, 0.2) is 54.6 Å². The predicted molar refractivity (Wildman–Crippen MR) is 91.1 cm³/mol. The lowest BCUT2D eigenvalue weighted by Crippen LogP contribution is -2.13. The van der Waals surface area contributed by atoms with Gasteiger partial charge in [0.2, 0.25) is 0 Å². The smallest absolute Gasteiger partial charge is 0.0628 e. The number of thiophene rings is 1. The minimum atomic E-state index is -0.320. The normalized spacial score (nSPS) is 12.7. The molecule has 0 bridgehead atoms. The number of hydrogen-bond acceptors (Lipinski definition) is 2. The Bertz CT molecular complexity index is 724. The molecule has 0 radical (unpaired) electrons. The van der Waals surface area contributed by atoms with Gasteiger partial charge in [0, 0.05) is 16.2 Å². The van der Waals surface area contributed by atoms with Crippen molar-refractivity contribution in [2.45, 2.75) is 32.3 Å². The van der Waals surface area contributed by atoms with E-state index in [0.29, 0.717) is 6.42 Å². The van der Waals surface area contributed by atoms with E-state index in [4.69, 9.17) is 0 Å². The molecule has 0 aliphatic carbocycles. The van der Waals surface area contributed by atoms with Crippen molar-refractivity contribution in [1.29, 1.82) is 0 Å². The summed E-state index contributed by atoms with van der Waals surface area (Å²) in [6, 6.07) is 19.0. The highest BCUT2D eigenvalue weighted by atomic mass is 32.1. The van der Waals surface area contributed by atoms with E-state index >= 15 is 0 Å². The molecular formula is C19H20OS. The highest BCUT2D eigenvalue weighted by Crippen LogP contribution is 2.23. The zero-order valence-electron chi connectivity index (χ0n) is 12.3. The van der Waals surface area contributed by atoms with Crippen LogP contribution in [0, 0.1) is 0 Å². The highest BCUT2D eigenvalue weighted by molar-refractivity contribution is 7.11. The zero-order valence-corrected chi connectivity index (χ0v) is 13.1. The van der Waals surface area contributed by atoms with Crippen molar-refractivity contribution in [3.05, 3.63) is 69.9 Å². The quantitative estimate of drug-likeness (QED) is 0.729. The van der Waals surface area contributed by atoms with Crippen LogP contribution >= 0.6 is 11.3 Å². The summed E-state index contributed by atoms with van der Waals surface area (Å²) in [4.78, 5) is 2.67. The summed E-state index contributed by atoms with van der Waals surface area (Å²) in [5, 5.41) is 12.9. The molecule has 1 atom stereocenters. The molecule has 2 heteroatoms. The SMILES string of the molecule is CCc1ccc(CC(O)Cc2cccc3ccccc23)s1. The maximum atomic E-state index is 10.4. The fourth-order valence-corrected chi connectivity index (χ4v) is 3.78. The molecule has 2 aromatic carbocycles. The highest BCUT2D eigenvalue weighted by Gasteiger charge is 2.10. The minimum absolute atomic E-state index is 0.320. The summed E-state index contributed by atoms with van der Waals surface area (Å²) in [6.45, 7) is 2.17. The predicted octanol–water partition coefficient (Wildman–Crippen LogP) is 4.61. The van der Waals surface area contributed by atoms with E-state index in [9.17, 15) is 5.11 Å². The molecule has 3 aromatic rings. The molecule has 1 nitrogen and oxygen atoms in total. The standard InChI is InChI=1S/C19H20OS/c1-2-17-10-11-18(21-17)13-16(20)12-15-8-5-7-14-6-3-4-9-19(14)15/h3-11,16,20H,2,12-13H2,1H3. The lowest BCUT2D eigenvalue weighted by Gasteiger charge is -2.12. The third kappa shape index (κ3) is 3.34. The van der Waals surface area contributed by atoms with Crippen molar-refractivity contribution in [3.63, 3.8) is 0 Å². The minimum Gasteiger partial charge on any atom is -0.392 e. The number of hydrogen-bond donors (Lipinski definition) is 1. The molecule has 1 heterocycles. The van der Waals surface area contributed by atoms with Crippen molar-refractivity contribution in [3.8, 4) is 0 Å². The van der Waals surface area contributed by atoms with Gasteiger partial charge < -0.3 is 5.11 Å². The van der Waals surface area contributed by atoms with E-state index in [2.05, 4.69) is 61.5 Å². The van der Waals surface area contributed by atoms with Gasteiger partial charge >= 0.3 is 0 Å². The largest absolute Gasteiger partial charge is 0.392 e. The maximum Gasteiger partial charge on any atom is 0.0628 e. The average Bonchev–Trinajstić information content (AvgIpc) is 2.95. The molecule has 0 spiro atoms. The molecule has 21 heavy (non-hydrogen) atoms. The number of aliphatic hydroxyl groups is 1. The number of rotatable bonds is 5. The van der Waals surface area contributed by atoms with Gasteiger partial charge in [0.05, 0.1) is 6.10 Å². The Morgan fingerprint density at radius 3 is 2.48 bits per heavy atom. The molecule has 0 amide bonds. The first-order valence-electron chi connectivity index (χ1n) is 7.48. The number of aryl methyl sites for hydroxylation is 1. The van der Waals surface area contributed by atoms with Crippen LogP contribution in [0.4, 0.5) is 0 Å². The lowest BCUT2D eigenvalue weighted by molar-refractivity contribution is 0.176. The molecule has 0 aliphatic heterocycles. The third-order valence-corrected chi connectivity index (χ3v) is 5.09. The number of fused-ring (bicyclic) bond motifs is 1. The summed E-state index contributed by atoms with van der Waals surface area (Å²) in [7, 11) is 0. The molecule has 0 fully saturated rings. The van der Waals surface area contributed by atoms with Gasteiger partial charge in [0.15, 0.2) is 0 Å². The van der Waals surface area contributed by atoms with E-state index in [1.165, 1.54) is 26.1 Å². The second-order valence-corrected chi connectivity index (χ2v) is 6.67. The van der Waals surface area contributed by atoms with Crippen LogP contribution in [0.1, 0.15) is 22.2 Å². The van der Waals surface area contributed by atoms with Gasteiger partial charge in [0.1, 0.15) is 0 Å². The van der Waals surface area contributed by atoms with Crippen molar-refractivity contribution >= 4 is 22.1 Å². The fourth-order valence-electron chi connectivity index (χ4n) is 2.75. The van der Waals surface area contributed by atoms with Gasteiger partial charge in [-0.05, 0) is 41.3 Å². The van der Waals surface area contributed by atoms with E-state index in [-0.39, 0.29) is 6.10 Å². The summed E-state index contributed by atoms with van der Waals surface area (Å²) < 4.78 is 0. The summed E-state index contributed by atoms with van der Waals surface area (Å²) >= 11 is 1.82. The first-order chi connectivity index (χ1) is 10.3. The molecule has 1 unspecified atom stereocenters. The topological polar surface area (TPSA) is 20.2 Å². The Kier molecular flexibility index (Phi) is 4.37. The zero-order chi connectivity index (χ0) is 14.7. The Hall–Kier alpha value is -1.64. The van der Waals surface area contributed by atoms with E-state index in [1.807, 2.05) is 11.3 Å². The van der Waals surface area contributed by atoms with E-state index in [0.717, 1.165) is 12.8 Å². The van der Waals surface area contributed by atoms with Crippen LogP contribution in [-0.2, 0) is 19.3 Å². The summed E-state index contributed by atoms with van der Waals surface area (Å²) in [6.07, 6.45) is 2.21. The first kappa shape index (κ1) is 14.3. The summed E-state index contributed by atoms with van der Waals surface area (Å²) in [5.41, 5.74) is 1.23. The first-order valence-corrected chi connectivity index (χ1v) is 8.30. The van der Waals surface area contributed by atoms with Crippen molar-refractivity contribution in [1.82, 2.24) is 0 Å². The van der Waals surface area contributed by atoms with Crippen molar-refractivity contribution < 1.29 is 5.11 Å². The Balaban J connectivity index is 1.75. The van der Waals surface area contributed by atoms with Crippen LogP contribution in [0.3, 0.4) is 0 Å². The van der Waals surface area contributed by atoms with E-state index < -0.39 is 0 Å². The molecule has 1 N–H and O–H groups in total. The van der Waals surface area contributed by atoms with Gasteiger partial charge in [-0.25, -0.2) is 0 Å². The molecule has 108 valence electrons. The second kappa shape index (κ2) is 6.42. The number of aliphatic hydroxyl groups excluding tert-OH is 1. The van der Waals surface area contributed by atoms with Crippen molar-refractivity contribution in [2.75, 3.05) is 0 Å². The van der Waals surface area contributed by atoms with Gasteiger partial charge in [-0.3, -0.25) is 0 Å². The monoisotopic (exact) mass is 296 g/mol. The fraction of sp³-hybridized carbons (Fsp3) is 0.263. The third-order valence-electron chi connectivity index (χ3n) is 3.84. The number of benzene rings is 2. The summed E-state index contributed by atoms with van der Waals surface area (Å²) in [5.74, 6) is 0. The maximum absolute atomic E-state index is 10.4. The van der Waals surface area contributed by atoms with Crippen LogP contribution in [-0.4, -0.2) is 11.2 Å². The molecule has 0 aliphatic rings. The van der Waals surface area contributed by atoms with Crippen LogP contribution < -0.4 is 0 Å². The lowest BCUT2D eigenvalue weighted by atomic mass is 9.98. The molecule has 3 rings (SSSR count). The van der Waals surface area contributed by atoms with Gasteiger partial charge in [-0.2, -0.15) is 0 Å². The molecule has 0 saturated carbocycles. The molecule has 0 saturated heterocycles. The average molecular weight is 296 g/mol.